The Balaban J connectivity index is 1.66. The van der Waals surface area contributed by atoms with Gasteiger partial charge in [-0.15, -0.1) is 0 Å². The Labute approximate surface area is 159 Å². The van der Waals surface area contributed by atoms with Crippen molar-refractivity contribution in [3.8, 4) is 5.69 Å². The molecule has 1 aromatic carbocycles. The molecule has 8 nitrogen and oxygen atoms in total. The number of nitrogens with two attached hydrogens (primary N) is 1. The third kappa shape index (κ3) is 4.82. The summed E-state index contributed by atoms with van der Waals surface area (Å²) in [5, 5.41) is 18.1. The molecule has 146 valence electrons. The minimum absolute atomic E-state index is 0.0266. The number of benzene rings is 1. The zero-order chi connectivity index (χ0) is 19.1. The highest BCUT2D eigenvalue weighted by Crippen LogP contribution is 2.26. The number of amides is 1. The highest BCUT2D eigenvalue weighted by molar-refractivity contribution is 5.84. The largest absolute Gasteiger partial charge is 0.350 e. The summed E-state index contributed by atoms with van der Waals surface area (Å²) < 4.78 is 1.59. The molecule has 0 saturated heterocycles. The van der Waals surface area contributed by atoms with E-state index in [0.29, 0.717) is 24.8 Å². The van der Waals surface area contributed by atoms with Crippen molar-refractivity contribution < 1.29 is 4.79 Å². The smallest absolute Gasteiger partial charge is 0.248 e. The zero-order valence-corrected chi connectivity index (χ0v) is 15.8. The first kappa shape index (κ1) is 19.3. The van der Waals surface area contributed by atoms with Gasteiger partial charge in [0, 0.05) is 12.6 Å². The Morgan fingerprint density at radius 2 is 2.00 bits per heavy atom. The molecule has 4 N–H and O–H groups in total. The van der Waals surface area contributed by atoms with Gasteiger partial charge in [0.2, 0.25) is 11.9 Å². The number of aromatic nitrogens is 4. The topological polar surface area (TPSA) is 111 Å². The van der Waals surface area contributed by atoms with Crippen LogP contribution in [-0.2, 0) is 4.79 Å². The molecule has 2 aromatic rings. The molecule has 1 heterocycles. The van der Waals surface area contributed by atoms with Crippen molar-refractivity contribution in [1.29, 1.82) is 0 Å². The number of hydrogen-bond donors (Lipinski definition) is 3. The van der Waals surface area contributed by atoms with Gasteiger partial charge < -0.3 is 16.4 Å². The zero-order valence-electron chi connectivity index (χ0n) is 15.8. The fraction of sp³-hybridized carbons (Fsp3) is 0.579. The molecule has 1 fully saturated rings. The Bertz CT molecular complexity index is 712. The van der Waals surface area contributed by atoms with Crippen LogP contribution < -0.4 is 16.4 Å². The number of nitrogens with one attached hydrogen (secondary N) is 2. The average Bonchev–Trinajstić information content (AvgIpc) is 3.19. The van der Waals surface area contributed by atoms with Crippen molar-refractivity contribution >= 4 is 11.9 Å². The molecule has 3 rings (SSSR count). The quantitative estimate of drug-likeness (QED) is 0.653. The number of hydrogen-bond acceptors (Lipinski definition) is 6. The predicted octanol–water partition coefficient (Wildman–Crippen LogP) is 1.88. The Hall–Kier alpha value is -2.48. The van der Waals surface area contributed by atoms with E-state index >= 15 is 0 Å². The average molecular weight is 371 g/mol. The summed E-state index contributed by atoms with van der Waals surface area (Å²) in [6, 6.07) is 9.20. The number of nitrogens with zero attached hydrogens (tertiary/aromatic N) is 4. The highest BCUT2D eigenvalue weighted by Gasteiger charge is 2.27. The van der Waals surface area contributed by atoms with Crippen molar-refractivity contribution in [2.24, 2.45) is 11.7 Å². The lowest BCUT2D eigenvalue weighted by molar-refractivity contribution is -0.123. The second kappa shape index (κ2) is 9.45. The van der Waals surface area contributed by atoms with Crippen LogP contribution in [0.2, 0.25) is 0 Å². The van der Waals surface area contributed by atoms with E-state index < -0.39 is 6.04 Å². The molecule has 27 heavy (non-hydrogen) atoms. The van der Waals surface area contributed by atoms with Gasteiger partial charge in [-0.3, -0.25) is 4.79 Å². The first-order valence-corrected chi connectivity index (χ1v) is 9.83. The number of para-hydroxylation sites is 1. The Kier molecular flexibility index (Phi) is 6.75. The third-order valence-corrected chi connectivity index (χ3v) is 5.30. The van der Waals surface area contributed by atoms with Crippen molar-refractivity contribution in [2.45, 2.75) is 57.5 Å². The van der Waals surface area contributed by atoms with E-state index in [4.69, 9.17) is 5.73 Å². The van der Waals surface area contributed by atoms with Gasteiger partial charge in [0.1, 0.15) is 6.04 Å². The molecular formula is C19H29N7O. The maximum absolute atomic E-state index is 12.9. The highest BCUT2D eigenvalue weighted by atomic mass is 16.2. The van der Waals surface area contributed by atoms with E-state index in [1.807, 2.05) is 37.3 Å². The summed E-state index contributed by atoms with van der Waals surface area (Å²) >= 11 is 0. The normalized spacial score (nSPS) is 17.3. The molecule has 0 radical (unpaired) electrons. The minimum Gasteiger partial charge on any atom is -0.350 e. The fourth-order valence-corrected chi connectivity index (χ4v) is 3.72. The van der Waals surface area contributed by atoms with E-state index in [9.17, 15) is 4.79 Å². The second-order valence-electron chi connectivity index (χ2n) is 7.10. The van der Waals surface area contributed by atoms with E-state index in [1.54, 1.807) is 4.68 Å². The summed E-state index contributed by atoms with van der Waals surface area (Å²) in [5.41, 5.74) is 6.79. The van der Waals surface area contributed by atoms with Gasteiger partial charge in [-0.25, -0.2) is 0 Å². The molecule has 1 aliphatic carbocycles. The second-order valence-corrected chi connectivity index (χ2v) is 7.10. The minimum atomic E-state index is -0.420. The molecule has 1 aliphatic rings. The van der Waals surface area contributed by atoms with Crippen LogP contribution in [0.25, 0.3) is 5.69 Å². The van der Waals surface area contributed by atoms with E-state index in [2.05, 4.69) is 26.2 Å². The summed E-state index contributed by atoms with van der Waals surface area (Å²) in [5.74, 6) is 0.867. The van der Waals surface area contributed by atoms with Gasteiger partial charge in [-0.2, -0.15) is 4.68 Å². The SMILES string of the molecule is CCC(Nc1nnnn1-c1ccccc1)C(=O)NC(CN)C1CCCCC1. The fourth-order valence-electron chi connectivity index (χ4n) is 3.72. The van der Waals surface area contributed by atoms with Crippen LogP contribution in [0.4, 0.5) is 5.95 Å². The Morgan fingerprint density at radius 3 is 2.67 bits per heavy atom. The number of rotatable bonds is 8. The van der Waals surface area contributed by atoms with Gasteiger partial charge in [-0.05, 0) is 47.7 Å². The van der Waals surface area contributed by atoms with E-state index in [-0.39, 0.29) is 11.9 Å². The standard InChI is InChI=1S/C19H29N7O/c1-2-16(18(27)21-17(13-20)14-9-5-3-6-10-14)22-19-23-24-25-26(19)15-11-7-4-8-12-15/h4,7-8,11-12,14,16-17H,2-3,5-6,9-10,13,20H2,1H3,(H,21,27)(H,22,23,25). The van der Waals surface area contributed by atoms with E-state index in [0.717, 1.165) is 18.5 Å². The molecule has 1 saturated carbocycles. The van der Waals surface area contributed by atoms with Crippen LogP contribution in [0.3, 0.4) is 0 Å². The van der Waals surface area contributed by atoms with Crippen LogP contribution in [0, 0.1) is 5.92 Å². The maximum Gasteiger partial charge on any atom is 0.248 e. The summed E-state index contributed by atoms with van der Waals surface area (Å²) in [6.45, 7) is 2.43. The molecule has 0 bridgehead atoms. The molecular weight excluding hydrogens is 342 g/mol. The van der Waals surface area contributed by atoms with Crippen LogP contribution in [0.5, 0.6) is 0 Å². The lowest BCUT2D eigenvalue weighted by Gasteiger charge is -2.31. The van der Waals surface area contributed by atoms with Crippen LogP contribution >= 0.6 is 0 Å². The van der Waals surface area contributed by atoms with Crippen molar-refractivity contribution in [3.05, 3.63) is 30.3 Å². The van der Waals surface area contributed by atoms with Gasteiger partial charge in [0.05, 0.1) is 5.69 Å². The van der Waals surface area contributed by atoms with E-state index in [1.165, 1.54) is 19.3 Å². The lowest BCUT2D eigenvalue weighted by atomic mass is 9.84. The number of tetrazole rings is 1. The summed E-state index contributed by atoms with van der Waals surface area (Å²) in [7, 11) is 0. The lowest BCUT2D eigenvalue weighted by Crippen LogP contribution is -2.50. The molecule has 0 aliphatic heterocycles. The van der Waals surface area contributed by atoms with Gasteiger partial charge >= 0.3 is 0 Å². The summed E-state index contributed by atoms with van der Waals surface area (Å²) in [6.07, 6.45) is 6.62. The predicted molar refractivity (Wildman–Crippen MR) is 104 cm³/mol. The molecule has 0 spiro atoms. The third-order valence-electron chi connectivity index (χ3n) is 5.30. The number of anilines is 1. The molecule has 8 heteroatoms. The van der Waals surface area contributed by atoms with Gasteiger partial charge in [-0.1, -0.05) is 49.5 Å². The van der Waals surface area contributed by atoms with Crippen molar-refractivity contribution in [2.75, 3.05) is 11.9 Å². The van der Waals surface area contributed by atoms with Crippen LogP contribution in [0.15, 0.2) is 30.3 Å². The maximum atomic E-state index is 12.9. The molecule has 1 aromatic heterocycles. The molecule has 2 unspecified atom stereocenters. The van der Waals surface area contributed by atoms with Crippen LogP contribution in [0.1, 0.15) is 45.4 Å². The van der Waals surface area contributed by atoms with Gasteiger partial charge in [0.15, 0.2) is 0 Å². The first-order chi connectivity index (χ1) is 13.2. The first-order valence-electron chi connectivity index (χ1n) is 9.83. The van der Waals surface area contributed by atoms with Gasteiger partial charge in [0.25, 0.3) is 0 Å². The number of carbonyl (C=O) groups excluding carboxylic acids is 1. The molecule has 2 atom stereocenters. The van der Waals surface area contributed by atoms with Crippen molar-refractivity contribution in [3.63, 3.8) is 0 Å². The molecule has 1 amide bonds. The van der Waals surface area contributed by atoms with Crippen molar-refractivity contribution in [1.82, 2.24) is 25.5 Å². The monoisotopic (exact) mass is 371 g/mol. The Morgan fingerprint density at radius 1 is 1.26 bits per heavy atom. The van der Waals surface area contributed by atoms with Crippen LogP contribution in [-0.4, -0.2) is 44.7 Å². The summed E-state index contributed by atoms with van der Waals surface area (Å²) in [4.78, 5) is 12.9. The number of carbonyl (C=O) groups is 1.